The fourth-order valence-corrected chi connectivity index (χ4v) is 2.02. The lowest BCUT2D eigenvalue weighted by Gasteiger charge is -2.21. The van der Waals surface area contributed by atoms with Crippen LogP contribution in [0.15, 0.2) is 6.20 Å². The average molecular weight is 222 g/mol. The summed E-state index contributed by atoms with van der Waals surface area (Å²) in [5.74, 6) is -0.0644. The summed E-state index contributed by atoms with van der Waals surface area (Å²) < 4.78 is 1.78. The largest absolute Gasteiger partial charge is 0.355 e. The Labute approximate surface area is 95.2 Å². The standard InChI is InChI=1S/C11H18N4O/c1-3-4-13-11(16)9-6-12-5-8-7-15(2)14-10(8)9/h7,9,12H,3-6H2,1-2H3,(H,13,16)/t9-/m0/s1. The van der Waals surface area contributed by atoms with Gasteiger partial charge in [0.1, 0.15) is 0 Å². The van der Waals surface area contributed by atoms with Crippen LogP contribution in [-0.2, 0) is 18.4 Å². The Morgan fingerprint density at radius 3 is 3.31 bits per heavy atom. The quantitative estimate of drug-likeness (QED) is 0.764. The summed E-state index contributed by atoms with van der Waals surface area (Å²) >= 11 is 0. The minimum atomic E-state index is -0.142. The summed E-state index contributed by atoms with van der Waals surface area (Å²) in [5.41, 5.74) is 2.06. The van der Waals surface area contributed by atoms with Gasteiger partial charge in [-0.1, -0.05) is 6.92 Å². The normalized spacial score (nSPS) is 19.2. The first-order chi connectivity index (χ1) is 7.72. The van der Waals surface area contributed by atoms with Gasteiger partial charge in [-0.3, -0.25) is 9.48 Å². The summed E-state index contributed by atoms with van der Waals surface area (Å²) in [5, 5.41) is 10.5. The fraction of sp³-hybridized carbons (Fsp3) is 0.636. The van der Waals surface area contributed by atoms with Gasteiger partial charge in [-0.15, -0.1) is 0 Å². The molecule has 5 nitrogen and oxygen atoms in total. The highest BCUT2D eigenvalue weighted by Crippen LogP contribution is 2.22. The molecule has 1 aromatic rings. The molecule has 5 heteroatoms. The highest BCUT2D eigenvalue weighted by atomic mass is 16.1. The van der Waals surface area contributed by atoms with Crippen LogP contribution >= 0.6 is 0 Å². The van der Waals surface area contributed by atoms with Crippen molar-refractivity contribution in [2.45, 2.75) is 25.8 Å². The topological polar surface area (TPSA) is 59.0 Å². The van der Waals surface area contributed by atoms with Gasteiger partial charge in [0, 0.05) is 38.4 Å². The molecule has 0 saturated heterocycles. The molecule has 0 bridgehead atoms. The lowest BCUT2D eigenvalue weighted by Crippen LogP contribution is -2.39. The van der Waals surface area contributed by atoms with Gasteiger partial charge < -0.3 is 10.6 Å². The van der Waals surface area contributed by atoms with Crippen LogP contribution < -0.4 is 10.6 Å². The van der Waals surface area contributed by atoms with Crippen molar-refractivity contribution in [2.75, 3.05) is 13.1 Å². The molecule has 2 N–H and O–H groups in total. The highest BCUT2D eigenvalue weighted by molar-refractivity contribution is 5.84. The molecular weight excluding hydrogens is 204 g/mol. The molecule has 0 saturated carbocycles. The van der Waals surface area contributed by atoms with E-state index in [4.69, 9.17) is 0 Å². The lowest BCUT2D eigenvalue weighted by molar-refractivity contribution is -0.122. The van der Waals surface area contributed by atoms with Gasteiger partial charge in [-0.2, -0.15) is 5.10 Å². The Hall–Kier alpha value is -1.36. The molecule has 0 unspecified atom stereocenters. The van der Waals surface area contributed by atoms with E-state index >= 15 is 0 Å². The maximum Gasteiger partial charge on any atom is 0.230 e. The van der Waals surface area contributed by atoms with Crippen LogP contribution in [0, 0.1) is 0 Å². The second-order valence-corrected chi connectivity index (χ2v) is 4.19. The minimum absolute atomic E-state index is 0.0778. The van der Waals surface area contributed by atoms with Gasteiger partial charge in [-0.25, -0.2) is 0 Å². The molecule has 2 heterocycles. The zero-order chi connectivity index (χ0) is 11.5. The number of fused-ring (bicyclic) bond motifs is 1. The summed E-state index contributed by atoms with van der Waals surface area (Å²) in [6.07, 6.45) is 2.93. The number of carbonyl (C=O) groups excluding carboxylic acids is 1. The van der Waals surface area contributed by atoms with Crippen LogP contribution in [0.4, 0.5) is 0 Å². The van der Waals surface area contributed by atoms with E-state index in [9.17, 15) is 4.79 Å². The Morgan fingerprint density at radius 2 is 2.56 bits per heavy atom. The second-order valence-electron chi connectivity index (χ2n) is 4.19. The number of hydrogen-bond donors (Lipinski definition) is 2. The first-order valence-electron chi connectivity index (χ1n) is 5.73. The molecule has 1 aliphatic rings. The molecule has 0 fully saturated rings. The van der Waals surface area contributed by atoms with Crippen molar-refractivity contribution >= 4 is 5.91 Å². The van der Waals surface area contributed by atoms with Crippen molar-refractivity contribution in [3.05, 3.63) is 17.5 Å². The minimum Gasteiger partial charge on any atom is -0.355 e. The van der Waals surface area contributed by atoms with Crippen LogP contribution in [0.3, 0.4) is 0 Å². The lowest BCUT2D eigenvalue weighted by atomic mass is 9.97. The summed E-state index contributed by atoms with van der Waals surface area (Å²) in [4.78, 5) is 11.9. The van der Waals surface area contributed by atoms with Gasteiger partial charge in [0.25, 0.3) is 0 Å². The zero-order valence-corrected chi connectivity index (χ0v) is 9.79. The van der Waals surface area contributed by atoms with Crippen LogP contribution in [-0.4, -0.2) is 28.8 Å². The predicted molar refractivity (Wildman–Crippen MR) is 61.0 cm³/mol. The molecule has 0 aromatic carbocycles. The van der Waals surface area contributed by atoms with E-state index in [1.807, 2.05) is 20.2 Å². The fourth-order valence-electron chi connectivity index (χ4n) is 2.02. The molecule has 0 aliphatic carbocycles. The number of aromatic nitrogens is 2. The molecule has 0 spiro atoms. The second kappa shape index (κ2) is 4.65. The zero-order valence-electron chi connectivity index (χ0n) is 9.79. The molecule has 0 radical (unpaired) electrons. The van der Waals surface area contributed by atoms with E-state index in [0.717, 1.165) is 30.8 Å². The van der Waals surface area contributed by atoms with E-state index in [0.29, 0.717) is 6.54 Å². The van der Waals surface area contributed by atoms with E-state index in [-0.39, 0.29) is 11.8 Å². The smallest absolute Gasteiger partial charge is 0.230 e. The van der Waals surface area contributed by atoms with Crippen LogP contribution in [0.2, 0.25) is 0 Å². The van der Waals surface area contributed by atoms with Gasteiger partial charge in [0.15, 0.2) is 0 Å². The van der Waals surface area contributed by atoms with Gasteiger partial charge in [0.2, 0.25) is 5.91 Å². The SMILES string of the molecule is CCCNC(=O)[C@H]1CNCc2cn(C)nc21. The molecular formula is C11H18N4O. The number of nitrogens with one attached hydrogen (secondary N) is 2. The third kappa shape index (κ3) is 2.09. The number of aryl methyl sites for hydroxylation is 1. The molecule has 1 aromatic heterocycles. The van der Waals surface area contributed by atoms with E-state index in [2.05, 4.69) is 15.7 Å². The number of nitrogens with zero attached hydrogens (tertiary/aromatic N) is 2. The first-order valence-corrected chi connectivity index (χ1v) is 5.73. The summed E-state index contributed by atoms with van der Waals surface area (Å²) in [6, 6.07) is 0. The first kappa shape index (κ1) is 11.1. The number of amides is 1. The van der Waals surface area contributed by atoms with Gasteiger partial charge in [0.05, 0.1) is 11.6 Å². The third-order valence-electron chi connectivity index (χ3n) is 2.80. The summed E-state index contributed by atoms with van der Waals surface area (Å²) in [6.45, 7) is 4.27. The summed E-state index contributed by atoms with van der Waals surface area (Å²) in [7, 11) is 1.89. The maximum atomic E-state index is 11.9. The Morgan fingerprint density at radius 1 is 1.75 bits per heavy atom. The highest BCUT2D eigenvalue weighted by Gasteiger charge is 2.28. The Kier molecular flexibility index (Phi) is 3.24. The molecule has 88 valence electrons. The number of hydrogen-bond acceptors (Lipinski definition) is 3. The van der Waals surface area contributed by atoms with Crippen LogP contribution in [0.25, 0.3) is 0 Å². The average Bonchev–Trinajstić information content (AvgIpc) is 2.65. The molecule has 1 atom stereocenters. The Bertz CT molecular complexity index is 385. The van der Waals surface area contributed by atoms with Crippen LogP contribution in [0.1, 0.15) is 30.5 Å². The molecule has 16 heavy (non-hydrogen) atoms. The predicted octanol–water partition coefficient (Wildman–Crippen LogP) is 0.133. The van der Waals surface area contributed by atoms with Crippen molar-refractivity contribution in [3.63, 3.8) is 0 Å². The van der Waals surface area contributed by atoms with Crippen molar-refractivity contribution in [3.8, 4) is 0 Å². The Balaban J connectivity index is 2.14. The molecule has 2 rings (SSSR count). The third-order valence-corrected chi connectivity index (χ3v) is 2.80. The van der Waals surface area contributed by atoms with Crippen LogP contribution in [0.5, 0.6) is 0 Å². The van der Waals surface area contributed by atoms with Crippen molar-refractivity contribution in [1.82, 2.24) is 20.4 Å². The van der Waals surface area contributed by atoms with Crippen molar-refractivity contribution in [1.29, 1.82) is 0 Å². The monoisotopic (exact) mass is 222 g/mol. The molecule has 1 aliphatic heterocycles. The number of rotatable bonds is 3. The number of carbonyl (C=O) groups is 1. The van der Waals surface area contributed by atoms with E-state index in [1.165, 1.54) is 0 Å². The van der Waals surface area contributed by atoms with Crippen molar-refractivity contribution in [2.24, 2.45) is 7.05 Å². The van der Waals surface area contributed by atoms with E-state index in [1.54, 1.807) is 4.68 Å². The molecule has 1 amide bonds. The van der Waals surface area contributed by atoms with E-state index < -0.39 is 0 Å². The van der Waals surface area contributed by atoms with Gasteiger partial charge in [-0.05, 0) is 6.42 Å². The van der Waals surface area contributed by atoms with Gasteiger partial charge >= 0.3 is 0 Å². The van der Waals surface area contributed by atoms with Crippen molar-refractivity contribution < 1.29 is 4.79 Å². The maximum absolute atomic E-state index is 11.9.